The van der Waals surface area contributed by atoms with Crippen LogP contribution in [0.25, 0.3) is 0 Å². The molecular formula is C17H26N2O. The Balaban J connectivity index is 1.74. The summed E-state index contributed by atoms with van der Waals surface area (Å²) in [7, 11) is 0. The molecule has 4 bridgehead atoms. The molecule has 110 valence electrons. The zero-order chi connectivity index (χ0) is 13.7. The number of nitrogens with two attached hydrogens (primary N) is 1. The van der Waals surface area contributed by atoms with Crippen molar-refractivity contribution in [3.05, 3.63) is 17.3 Å². The van der Waals surface area contributed by atoms with Gasteiger partial charge in [0, 0.05) is 18.3 Å². The van der Waals surface area contributed by atoms with Crippen LogP contribution in [0.2, 0.25) is 0 Å². The fraction of sp³-hybridized carbons (Fsp3) is 0.824. The third-order valence-electron chi connectivity index (χ3n) is 5.95. The second-order valence-corrected chi connectivity index (χ2v) is 7.47. The second kappa shape index (κ2) is 4.59. The quantitative estimate of drug-likeness (QED) is 0.917. The third-order valence-corrected chi connectivity index (χ3v) is 5.95. The summed E-state index contributed by atoms with van der Waals surface area (Å²) in [5, 5.41) is 0. The molecule has 0 amide bonds. The fourth-order valence-corrected chi connectivity index (χ4v) is 5.66. The molecule has 0 atom stereocenters. The van der Waals surface area contributed by atoms with Crippen molar-refractivity contribution in [3.8, 4) is 0 Å². The van der Waals surface area contributed by atoms with Gasteiger partial charge < -0.3 is 10.2 Å². The number of aromatic nitrogens is 1. The molecule has 0 aliphatic heterocycles. The van der Waals surface area contributed by atoms with Crippen LogP contribution < -0.4 is 5.73 Å². The molecule has 0 radical (unpaired) electrons. The van der Waals surface area contributed by atoms with Crippen molar-refractivity contribution in [2.24, 2.45) is 23.5 Å². The number of nitrogens with zero attached hydrogens (tertiary/aromatic N) is 1. The highest BCUT2D eigenvalue weighted by atomic mass is 16.4. The zero-order valence-electron chi connectivity index (χ0n) is 12.5. The Hall–Kier alpha value is -0.830. The first kappa shape index (κ1) is 12.9. The Morgan fingerprint density at radius 1 is 1.15 bits per heavy atom. The van der Waals surface area contributed by atoms with E-state index in [9.17, 15) is 0 Å². The van der Waals surface area contributed by atoms with E-state index in [4.69, 9.17) is 15.1 Å². The van der Waals surface area contributed by atoms with Gasteiger partial charge in [-0.3, -0.25) is 0 Å². The second-order valence-electron chi connectivity index (χ2n) is 7.47. The van der Waals surface area contributed by atoms with E-state index >= 15 is 0 Å². The molecule has 1 aromatic heterocycles. The molecule has 3 nitrogen and oxygen atoms in total. The van der Waals surface area contributed by atoms with Gasteiger partial charge in [-0.15, -0.1) is 0 Å². The summed E-state index contributed by atoms with van der Waals surface area (Å²) in [6.45, 7) is 2.80. The van der Waals surface area contributed by atoms with Crippen LogP contribution in [0, 0.1) is 17.8 Å². The molecule has 2 N–H and O–H groups in total. The number of hydrogen-bond acceptors (Lipinski definition) is 3. The van der Waals surface area contributed by atoms with Gasteiger partial charge in [-0.1, -0.05) is 6.92 Å². The van der Waals surface area contributed by atoms with Crippen molar-refractivity contribution in [2.45, 2.75) is 63.7 Å². The van der Waals surface area contributed by atoms with Crippen molar-refractivity contribution in [1.82, 2.24) is 4.98 Å². The Morgan fingerprint density at radius 3 is 2.25 bits per heavy atom. The molecule has 5 rings (SSSR count). The average molecular weight is 274 g/mol. The first-order valence-corrected chi connectivity index (χ1v) is 8.41. The normalized spacial score (nSPS) is 38.6. The van der Waals surface area contributed by atoms with E-state index in [1.165, 1.54) is 50.0 Å². The smallest absolute Gasteiger partial charge is 0.194 e. The third kappa shape index (κ3) is 1.86. The monoisotopic (exact) mass is 274 g/mol. The molecule has 0 aromatic carbocycles. The summed E-state index contributed by atoms with van der Waals surface area (Å²) in [6, 6.07) is 0. The van der Waals surface area contributed by atoms with Crippen LogP contribution in [0.1, 0.15) is 62.8 Å². The molecule has 4 saturated carbocycles. The lowest BCUT2D eigenvalue weighted by atomic mass is 9.49. The largest absolute Gasteiger partial charge is 0.445 e. The maximum atomic E-state index is 6.23. The molecule has 0 spiro atoms. The number of rotatable bonds is 4. The van der Waals surface area contributed by atoms with E-state index in [-0.39, 0.29) is 0 Å². The summed E-state index contributed by atoms with van der Waals surface area (Å²) in [5.41, 5.74) is 7.28. The fourth-order valence-electron chi connectivity index (χ4n) is 5.66. The molecular weight excluding hydrogens is 248 g/mol. The minimum absolute atomic E-state index is 0.319. The number of aryl methyl sites for hydroxylation is 1. The maximum absolute atomic E-state index is 6.23. The van der Waals surface area contributed by atoms with E-state index in [0.717, 1.165) is 36.5 Å². The summed E-state index contributed by atoms with van der Waals surface area (Å²) in [5.74, 6) is 4.99. The summed E-state index contributed by atoms with van der Waals surface area (Å²) in [4.78, 5) is 4.73. The predicted octanol–water partition coefficient (Wildman–Crippen LogP) is 3.21. The highest BCUT2D eigenvalue weighted by Crippen LogP contribution is 2.61. The van der Waals surface area contributed by atoms with Crippen LogP contribution >= 0.6 is 0 Å². The molecule has 4 aliphatic carbocycles. The lowest BCUT2D eigenvalue weighted by molar-refractivity contribution is -0.0160. The lowest BCUT2D eigenvalue weighted by Crippen LogP contribution is -2.48. The van der Waals surface area contributed by atoms with Crippen LogP contribution in [-0.2, 0) is 18.3 Å². The van der Waals surface area contributed by atoms with E-state index in [2.05, 4.69) is 6.92 Å². The molecule has 4 fully saturated rings. The van der Waals surface area contributed by atoms with Gasteiger partial charge in [0.15, 0.2) is 5.89 Å². The van der Waals surface area contributed by atoms with Gasteiger partial charge in [0.1, 0.15) is 5.76 Å². The van der Waals surface area contributed by atoms with E-state index in [1.807, 2.05) is 0 Å². The number of oxazole rings is 1. The van der Waals surface area contributed by atoms with Crippen LogP contribution in [0.15, 0.2) is 4.42 Å². The van der Waals surface area contributed by atoms with Gasteiger partial charge in [-0.05, 0) is 62.8 Å². The van der Waals surface area contributed by atoms with Gasteiger partial charge >= 0.3 is 0 Å². The maximum Gasteiger partial charge on any atom is 0.194 e. The van der Waals surface area contributed by atoms with Gasteiger partial charge in [0.05, 0.1) is 5.69 Å². The Bertz CT molecular complexity index is 470. The van der Waals surface area contributed by atoms with Crippen LogP contribution in [0.3, 0.4) is 0 Å². The minimum Gasteiger partial charge on any atom is -0.445 e. The Morgan fingerprint density at radius 2 is 1.75 bits per heavy atom. The first-order chi connectivity index (χ1) is 9.72. The Kier molecular flexibility index (Phi) is 2.95. The van der Waals surface area contributed by atoms with Gasteiger partial charge in [0.25, 0.3) is 0 Å². The van der Waals surface area contributed by atoms with Crippen LogP contribution in [0.4, 0.5) is 0 Å². The first-order valence-electron chi connectivity index (χ1n) is 8.41. The van der Waals surface area contributed by atoms with Crippen LogP contribution in [0.5, 0.6) is 0 Å². The van der Waals surface area contributed by atoms with Crippen molar-refractivity contribution in [2.75, 3.05) is 6.54 Å². The SMILES string of the molecule is CCc1nc(CCN)c(C23CC4CC(CC(C4)C2)C3)o1. The van der Waals surface area contributed by atoms with Crippen molar-refractivity contribution in [1.29, 1.82) is 0 Å². The average Bonchev–Trinajstić information content (AvgIpc) is 2.81. The zero-order valence-corrected chi connectivity index (χ0v) is 12.5. The van der Waals surface area contributed by atoms with E-state index < -0.39 is 0 Å². The molecule has 1 aromatic rings. The van der Waals surface area contributed by atoms with E-state index in [1.54, 1.807) is 0 Å². The predicted molar refractivity (Wildman–Crippen MR) is 78.5 cm³/mol. The number of hydrogen-bond donors (Lipinski definition) is 1. The van der Waals surface area contributed by atoms with Crippen LogP contribution in [-0.4, -0.2) is 11.5 Å². The van der Waals surface area contributed by atoms with Crippen molar-refractivity contribution in [3.63, 3.8) is 0 Å². The molecule has 0 saturated heterocycles. The van der Waals surface area contributed by atoms with Crippen molar-refractivity contribution < 1.29 is 4.42 Å². The van der Waals surface area contributed by atoms with E-state index in [0.29, 0.717) is 12.0 Å². The van der Waals surface area contributed by atoms with Gasteiger partial charge in [-0.25, -0.2) is 4.98 Å². The Labute approximate surface area is 121 Å². The molecule has 20 heavy (non-hydrogen) atoms. The topological polar surface area (TPSA) is 52.0 Å². The molecule has 1 heterocycles. The standard InChI is InChI=1S/C17H26N2O/c1-2-15-19-14(3-4-18)16(20-15)17-8-11-5-12(9-17)7-13(6-11)10-17/h11-13H,2-10,18H2,1H3. The highest BCUT2D eigenvalue weighted by Gasteiger charge is 2.54. The highest BCUT2D eigenvalue weighted by molar-refractivity contribution is 5.26. The van der Waals surface area contributed by atoms with Gasteiger partial charge in [-0.2, -0.15) is 0 Å². The van der Waals surface area contributed by atoms with Gasteiger partial charge in [0.2, 0.25) is 0 Å². The molecule has 4 aliphatic rings. The summed E-state index contributed by atoms with van der Waals surface area (Å²) < 4.78 is 6.23. The minimum atomic E-state index is 0.319. The van der Waals surface area contributed by atoms with Crippen molar-refractivity contribution >= 4 is 0 Å². The molecule has 3 heteroatoms. The molecule has 0 unspecified atom stereocenters. The summed E-state index contributed by atoms with van der Waals surface area (Å²) in [6.07, 6.45) is 10.2. The lowest BCUT2D eigenvalue weighted by Gasteiger charge is -2.56. The summed E-state index contributed by atoms with van der Waals surface area (Å²) >= 11 is 0.